The molecule has 0 atom stereocenters. The summed E-state index contributed by atoms with van der Waals surface area (Å²) in [6.45, 7) is 0.772. The Morgan fingerprint density at radius 1 is 1.21 bits per heavy atom. The standard InChI is InChI=1S/C13H15NO5/c15-11(12(14-18)13(16)17)7-4-8-19-9-10-5-2-1-3-6-10/h1-3,5-6,18H,4,7-9H2,(H,16,17)/b14-12-. The Morgan fingerprint density at radius 3 is 2.47 bits per heavy atom. The van der Waals surface area contributed by atoms with E-state index < -0.39 is 17.5 Å². The lowest BCUT2D eigenvalue weighted by molar-refractivity contribution is -0.130. The van der Waals surface area contributed by atoms with E-state index in [0.717, 1.165) is 5.56 Å². The van der Waals surface area contributed by atoms with Gasteiger partial charge in [-0.1, -0.05) is 35.5 Å². The van der Waals surface area contributed by atoms with Crippen molar-refractivity contribution in [1.82, 2.24) is 0 Å². The monoisotopic (exact) mass is 265 g/mol. The van der Waals surface area contributed by atoms with E-state index in [0.29, 0.717) is 19.6 Å². The third-order valence-electron chi connectivity index (χ3n) is 2.37. The van der Waals surface area contributed by atoms with Crippen LogP contribution in [0.5, 0.6) is 0 Å². The number of carboxylic acids is 1. The van der Waals surface area contributed by atoms with Gasteiger partial charge in [-0.25, -0.2) is 4.79 Å². The molecule has 0 radical (unpaired) electrons. The molecule has 0 aromatic heterocycles. The third kappa shape index (κ3) is 5.31. The van der Waals surface area contributed by atoms with Crippen molar-refractivity contribution in [3.63, 3.8) is 0 Å². The molecule has 2 N–H and O–H groups in total. The minimum Gasteiger partial charge on any atom is -0.476 e. The van der Waals surface area contributed by atoms with Gasteiger partial charge in [0, 0.05) is 13.0 Å². The summed E-state index contributed by atoms with van der Waals surface area (Å²) in [6.07, 6.45) is 0.346. The highest BCUT2D eigenvalue weighted by Gasteiger charge is 2.19. The van der Waals surface area contributed by atoms with E-state index in [-0.39, 0.29) is 6.42 Å². The van der Waals surface area contributed by atoms with Gasteiger partial charge in [-0.2, -0.15) is 0 Å². The van der Waals surface area contributed by atoms with E-state index in [4.69, 9.17) is 15.1 Å². The summed E-state index contributed by atoms with van der Waals surface area (Å²) in [5.41, 5.74) is 0.181. The smallest absolute Gasteiger partial charge is 0.361 e. The van der Waals surface area contributed by atoms with Crippen LogP contribution in [0, 0.1) is 0 Å². The minimum atomic E-state index is -1.53. The van der Waals surface area contributed by atoms with Crippen LogP contribution in [0.3, 0.4) is 0 Å². The zero-order valence-corrected chi connectivity index (χ0v) is 10.3. The van der Waals surface area contributed by atoms with Gasteiger partial charge >= 0.3 is 5.97 Å². The van der Waals surface area contributed by atoms with Crippen molar-refractivity contribution >= 4 is 17.5 Å². The predicted octanol–water partition coefficient (Wildman–Crippen LogP) is 1.47. The molecule has 6 nitrogen and oxygen atoms in total. The van der Waals surface area contributed by atoms with Crippen LogP contribution in [0.1, 0.15) is 18.4 Å². The fraction of sp³-hybridized carbons (Fsp3) is 0.308. The third-order valence-corrected chi connectivity index (χ3v) is 2.37. The molecule has 0 spiro atoms. The molecule has 1 aromatic carbocycles. The van der Waals surface area contributed by atoms with E-state index in [9.17, 15) is 9.59 Å². The number of nitrogens with zero attached hydrogens (tertiary/aromatic N) is 1. The maximum Gasteiger partial charge on any atom is 0.361 e. The number of ketones is 1. The lowest BCUT2D eigenvalue weighted by atomic mass is 10.1. The molecular formula is C13H15NO5. The Bertz CT molecular complexity index is 455. The van der Waals surface area contributed by atoms with Gasteiger partial charge in [-0.15, -0.1) is 0 Å². The molecule has 0 amide bonds. The van der Waals surface area contributed by atoms with Crippen LogP contribution >= 0.6 is 0 Å². The second kappa shape index (κ2) is 7.99. The molecule has 0 heterocycles. The van der Waals surface area contributed by atoms with Crippen LogP contribution in [0.15, 0.2) is 35.5 Å². The Labute approximate surface area is 110 Å². The number of Topliss-reactive ketones (excluding diaryl/α,β-unsaturated/α-hetero) is 1. The first kappa shape index (κ1) is 14.8. The highest BCUT2D eigenvalue weighted by molar-refractivity contribution is 6.63. The van der Waals surface area contributed by atoms with Crippen molar-refractivity contribution in [3.8, 4) is 0 Å². The number of ether oxygens (including phenoxy) is 1. The quantitative estimate of drug-likeness (QED) is 0.244. The number of aliphatic carboxylic acids is 1. The number of hydrogen-bond acceptors (Lipinski definition) is 5. The first-order valence-corrected chi connectivity index (χ1v) is 5.75. The molecule has 0 fully saturated rings. The van der Waals surface area contributed by atoms with Gasteiger partial charge in [0.05, 0.1) is 6.61 Å². The molecule has 19 heavy (non-hydrogen) atoms. The fourth-order valence-electron chi connectivity index (χ4n) is 1.44. The maximum atomic E-state index is 11.3. The normalized spacial score (nSPS) is 11.3. The molecule has 0 aliphatic carbocycles. The van der Waals surface area contributed by atoms with Crippen molar-refractivity contribution in [2.24, 2.45) is 5.16 Å². The number of carbonyl (C=O) groups is 2. The molecule has 0 aliphatic rings. The average molecular weight is 265 g/mol. The first-order chi connectivity index (χ1) is 9.15. The topological polar surface area (TPSA) is 96.2 Å². The van der Waals surface area contributed by atoms with Gasteiger partial charge in [0.15, 0.2) is 5.78 Å². The number of carbonyl (C=O) groups excluding carboxylic acids is 1. The molecule has 102 valence electrons. The number of carboxylic acid groups (broad SMARTS) is 1. The summed E-state index contributed by atoms with van der Waals surface area (Å²) in [7, 11) is 0. The Hall–Kier alpha value is -2.21. The summed E-state index contributed by atoms with van der Waals surface area (Å²) >= 11 is 0. The molecule has 1 rings (SSSR count). The van der Waals surface area contributed by atoms with E-state index in [1.54, 1.807) is 0 Å². The SMILES string of the molecule is O=C(O)/C(=N\O)C(=O)CCCOCc1ccccc1. The van der Waals surface area contributed by atoms with Gasteiger partial charge in [0.1, 0.15) is 0 Å². The zero-order valence-electron chi connectivity index (χ0n) is 10.3. The summed E-state index contributed by atoms with van der Waals surface area (Å²) in [5, 5.41) is 19.4. The van der Waals surface area contributed by atoms with E-state index >= 15 is 0 Å². The number of oxime groups is 1. The molecule has 0 unspecified atom stereocenters. The fourth-order valence-corrected chi connectivity index (χ4v) is 1.44. The minimum absolute atomic E-state index is 0.0273. The van der Waals surface area contributed by atoms with Crippen molar-refractivity contribution in [1.29, 1.82) is 0 Å². The second-order valence-electron chi connectivity index (χ2n) is 3.82. The molecule has 6 heteroatoms. The molecular weight excluding hydrogens is 250 g/mol. The van der Waals surface area contributed by atoms with Gasteiger partial charge in [-0.3, -0.25) is 4.79 Å². The lowest BCUT2D eigenvalue weighted by Crippen LogP contribution is -2.24. The molecule has 1 aromatic rings. The van der Waals surface area contributed by atoms with Crippen molar-refractivity contribution in [2.75, 3.05) is 6.61 Å². The Kier molecular flexibility index (Phi) is 6.25. The molecule has 0 bridgehead atoms. The lowest BCUT2D eigenvalue weighted by Gasteiger charge is -2.03. The van der Waals surface area contributed by atoms with Crippen molar-refractivity contribution < 1.29 is 24.6 Å². The maximum absolute atomic E-state index is 11.3. The summed E-state index contributed by atoms with van der Waals surface area (Å²) in [6, 6.07) is 9.56. The van der Waals surface area contributed by atoms with Crippen LogP contribution in [0.25, 0.3) is 0 Å². The van der Waals surface area contributed by atoms with Gasteiger partial charge in [-0.05, 0) is 12.0 Å². The number of benzene rings is 1. The molecule has 0 aliphatic heterocycles. The van der Waals surface area contributed by atoms with Crippen molar-refractivity contribution in [2.45, 2.75) is 19.4 Å². The summed E-state index contributed by atoms with van der Waals surface area (Å²) < 4.78 is 5.34. The van der Waals surface area contributed by atoms with Gasteiger partial charge in [0.2, 0.25) is 5.71 Å². The van der Waals surface area contributed by atoms with E-state index in [2.05, 4.69) is 5.16 Å². The first-order valence-electron chi connectivity index (χ1n) is 5.75. The predicted molar refractivity (Wildman–Crippen MR) is 67.2 cm³/mol. The van der Waals surface area contributed by atoms with Gasteiger partial charge in [0.25, 0.3) is 0 Å². The van der Waals surface area contributed by atoms with Crippen LogP contribution in [-0.4, -0.2) is 34.4 Å². The Balaban J connectivity index is 2.21. The number of hydrogen-bond donors (Lipinski definition) is 2. The zero-order chi connectivity index (χ0) is 14.1. The van der Waals surface area contributed by atoms with E-state index in [1.165, 1.54) is 0 Å². The van der Waals surface area contributed by atoms with Gasteiger partial charge < -0.3 is 15.1 Å². The van der Waals surface area contributed by atoms with Crippen molar-refractivity contribution in [3.05, 3.63) is 35.9 Å². The van der Waals surface area contributed by atoms with Crippen LogP contribution in [-0.2, 0) is 20.9 Å². The second-order valence-corrected chi connectivity index (χ2v) is 3.82. The average Bonchev–Trinajstić information content (AvgIpc) is 2.40. The molecule has 0 saturated heterocycles. The van der Waals surface area contributed by atoms with Crippen LogP contribution < -0.4 is 0 Å². The summed E-state index contributed by atoms with van der Waals surface area (Å²) in [4.78, 5) is 21.8. The van der Waals surface area contributed by atoms with Crippen LogP contribution in [0.2, 0.25) is 0 Å². The highest BCUT2D eigenvalue weighted by atomic mass is 16.5. The summed E-state index contributed by atoms with van der Waals surface area (Å²) in [5.74, 6) is -2.24. The van der Waals surface area contributed by atoms with E-state index in [1.807, 2.05) is 30.3 Å². The van der Waals surface area contributed by atoms with Crippen LogP contribution in [0.4, 0.5) is 0 Å². The highest BCUT2D eigenvalue weighted by Crippen LogP contribution is 2.02. The largest absolute Gasteiger partial charge is 0.476 e. The number of rotatable bonds is 8. The molecule has 0 saturated carbocycles. The Morgan fingerprint density at radius 2 is 1.89 bits per heavy atom.